The molecular weight excluding hydrogens is 266 g/mol. The minimum atomic E-state index is 0.315. The molecule has 1 N–H and O–H groups in total. The Hall–Kier alpha value is -0.480. The standard InChI is InChI=1S/C13H20ClN3S/c1-13(2)7-5-4-6-9(13)15-11-8-10(14)16-12(17-11)18-3/h8-9H,4-7H2,1-3H3,(H,15,16,17). The van der Waals surface area contributed by atoms with Gasteiger partial charge in [0.2, 0.25) is 0 Å². The van der Waals surface area contributed by atoms with Crippen molar-refractivity contribution >= 4 is 29.2 Å². The number of thioether (sulfide) groups is 1. The second kappa shape index (κ2) is 5.66. The lowest BCUT2D eigenvalue weighted by Crippen LogP contribution is -2.39. The summed E-state index contributed by atoms with van der Waals surface area (Å²) in [4.78, 5) is 8.63. The number of nitrogens with zero attached hydrogens (tertiary/aromatic N) is 2. The van der Waals surface area contributed by atoms with Gasteiger partial charge in [-0.1, -0.05) is 50.1 Å². The third-order valence-corrected chi connectivity index (χ3v) is 4.43. The summed E-state index contributed by atoms with van der Waals surface area (Å²) in [6.07, 6.45) is 7.03. The Morgan fingerprint density at radius 1 is 1.39 bits per heavy atom. The highest BCUT2D eigenvalue weighted by molar-refractivity contribution is 7.98. The average Bonchev–Trinajstić information content (AvgIpc) is 2.31. The van der Waals surface area contributed by atoms with Crippen LogP contribution in [-0.2, 0) is 0 Å². The number of hydrogen-bond acceptors (Lipinski definition) is 4. The number of aromatic nitrogens is 2. The van der Waals surface area contributed by atoms with Gasteiger partial charge in [-0.15, -0.1) is 0 Å². The van der Waals surface area contributed by atoms with E-state index in [0.29, 0.717) is 16.6 Å². The van der Waals surface area contributed by atoms with Crippen LogP contribution < -0.4 is 5.32 Å². The van der Waals surface area contributed by atoms with Crippen molar-refractivity contribution in [1.29, 1.82) is 0 Å². The molecule has 5 heteroatoms. The molecule has 0 amide bonds. The predicted molar refractivity (Wildman–Crippen MR) is 78.5 cm³/mol. The van der Waals surface area contributed by atoms with Gasteiger partial charge in [-0.2, -0.15) is 0 Å². The highest BCUT2D eigenvalue weighted by Gasteiger charge is 2.32. The van der Waals surface area contributed by atoms with Gasteiger partial charge in [-0.05, 0) is 24.5 Å². The van der Waals surface area contributed by atoms with E-state index in [9.17, 15) is 0 Å². The molecule has 1 aliphatic rings. The van der Waals surface area contributed by atoms with Gasteiger partial charge in [0, 0.05) is 12.1 Å². The highest BCUT2D eigenvalue weighted by atomic mass is 35.5. The first-order valence-electron chi connectivity index (χ1n) is 6.36. The van der Waals surface area contributed by atoms with Crippen LogP contribution in [0.5, 0.6) is 0 Å². The Balaban J connectivity index is 2.15. The van der Waals surface area contributed by atoms with Crippen LogP contribution in [0.3, 0.4) is 0 Å². The predicted octanol–water partition coefficient (Wildman–Crippen LogP) is 4.23. The molecular formula is C13H20ClN3S. The molecule has 0 spiro atoms. The third-order valence-electron chi connectivity index (χ3n) is 3.69. The fraction of sp³-hybridized carbons (Fsp3) is 0.692. The normalized spacial score (nSPS) is 22.8. The molecule has 100 valence electrons. The lowest BCUT2D eigenvalue weighted by molar-refractivity contribution is 0.216. The minimum absolute atomic E-state index is 0.315. The molecule has 1 unspecified atom stereocenters. The van der Waals surface area contributed by atoms with Crippen molar-refractivity contribution < 1.29 is 0 Å². The summed E-state index contributed by atoms with van der Waals surface area (Å²) in [5.41, 5.74) is 0.315. The van der Waals surface area contributed by atoms with Crippen LogP contribution in [-0.4, -0.2) is 22.3 Å². The van der Waals surface area contributed by atoms with Crippen molar-refractivity contribution in [2.75, 3.05) is 11.6 Å². The van der Waals surface area contributed by atoms with Crippen LogP contribution in [0.25, 0.3) is 0 Å². The van der Waals surface area contributed by atoms with Gasteiger partial charge in [0.15, 0.2) is 5.16 Å². The maximum absolute atomic E-state index is 6.01. The number of nitrogens with one attached hydrogen (secondary N) is 1. The van der Waals surface area contributed by atoms with Crippen molar-refractivity contribution in [2.24, 2.45) is 5.41 Å². The van der Waals surface area contributed by atoms with Gasteiger partial charge in [0.1, 0.15) is 11.0 Å². The van der Waals surface area contributed by atoms with E-state index >= 15 is 0 Å². The van der Waals surface area contributed by atoms with Crippen LogP contribution in [0, 0.1) is 5.41 Å². The molecule has 2 rings (SSSR count). The van der Waals surface area contributed by atoms with Gasteiger partial charge < -0.3 is 5.32 Å². The zero-order chi connectivity index (χ0) is 13.2. The van der Waals surface area contributed by atoms with Crippen molar-refractivity contribution in [3.8, 4) is 0 Å². The summed E-state index contributed by atoms with van der Waals surface area (Å²) in [5, 5.41) is 4.76. The highest BCUT2D eigenvalue weighted by Crippen LogP contribution is 2.37. The molecule has 0 saturated heterocycles. The lowest BCUT2D eigenvalue weighted by atomic mass is 9.73. The van der Waals surface area contributed by atoms with E-state index in [0.717, 1.165) is 11.0 Å². The van der Waals surface area contributed by atoms with E-state index in [1.54, 1.807) is 0 Å². The summed E-state index contributed by atoms with van der Waals surface area (Å²) in [6.45, 7) is 4.64. The zero-order valence-corrected chi connectivity index (χ0v) is 12.7. The summed E-state index contributed by atoms with van der Waals surface area (Å²) in [6, 6.07) is 2.28. The topological polar surface area (TPSA) is 37.8 Å². The molecule has 1 atom stereocenters. The summed E-state index contributed by atoms with van der Waals surface area (Å²) < 4.78 is 0. The molecule has 18 heavy (non-hydrogen) atoms. The van der Waals surface area contributed by atoms with E-state index in [1.807, 2.05) is 12.3 Å². The van der Waals surface area contributed by atoms with Crippen LogP contribution in [0.4, 0.5) is 5.82 Å². The van der Waals surface area contributed by atoms with Gasteiger partial charge in [0.05, 0.1) is 0 Å². The molecule has 1 saturated carbocycles. The molecule has 1 heterocycles. The van der Waals surface area contributed by atoms with Gasteiger partial charge in [-0.25, -0.2) is 9.97 Å². The van der Waals surface area contributed by atoms with E-state index in [4.69, 9.17) is 11.6 Å². The number of halogens is 1. The Labute approximate surface area is 118 Å². The summed E-state index contributed by atoms with van der Waals surface area (Å²) in [5.74, 6) is 0.847. The maximum atomic E-state index is 6.01. The SMILES string of the molecule is CSc1nc(Cl)cc(NC2CCCCC2(C)C)n1. The second-order valence-corrected chi connectivity index (χ2v) is 6.65. The molecule has 0 aliphatic heterocycles. The Morgan fingerprint density at radius 3 is 2.83 bits per heavy atom. The van der Waals surface area contributed by atoms with Crippen molar-refractivity contribution in [3.05, 3.63) is 11.2 Å². The van der Waals surface area contributed by atoms with E-state index < -0.39 is 0 Å². The van der Waals surface area contributed by atoms with E-state index in [1.165, 1.54) is 37.4 Å². The fourth-order valence-corrected chi connectivity index (χ4v) is 3.11. The molecule has 1 aromatic rings. The van der Waals surface area contributed by atoms with Crippen molar-refractivity contribution in [1.82, 2.24) is 9.97 Å². The second-order valence-electron chi connectivity index (χ2n) is 5.49. The monoisotopic (exact) mass is 285 g/mol. The Morgan fingerprint density at radius 2 is 2.17 bits per heavy atom. The largest absolute Gasteiger partial charge is 0.367 e. The number of hydrogen-bond donors (Lipinski definition) is 1. The lowest BCUT2D eigenvalue weighted by Gasteiger charge is -2.39. The molecule has 1 aromatic heterocycles. The quantitative estimate of drug-likeness (QED) is 0.512. The van der Waals surface area contributed by atoms with Crippen LogP contribution in [0.15, 0.2) is 11.2 Å². The van der Waals surface area contributed by atoms with Crippen molar-refractivity contribution in [2.45, 2.75) is 50.7 Å². The molecule has 1 aliphatic carbocycles. The summed E-state index contributed by atoms with van der Waals surface area (Å²) >= 11 is 7.53. The first kappa shape index (κ1) is 13.9. The van der Waals surface area contributed by atoms with Crippen molar-refractivity contribution in [3.63, 3.8) is 0 Å². The van der Waals surface area contributed by atoms with Crippen LogP contribution in [0.2, 0.25) is 5.15 Å². The van der Waals surface area contributed by atoms with Gasteiger partial charge >= 0.3 is 0 Å². The average molecular weight is 286 g/mol. The Bertz CT molecular complexity index is 423. The Kier molecular flexibility index (Phi) is 4.38. The molecule has 1 fully saturated rings. The molecule has 3 nitrogen and oxygen atoms in total. The van der Waals surface area contributed by atoms with E-state index in [2.05, 4.69) is 29.1 Å². The summed E-state index contributed by atoms with van der Waals surface area (Å²) in [7, 11) is 0. The van der Waals surface area contributed by atoms with Crippen LogP contribution in [0.1, 0.15) is 39.5 Å². The first-order valence-corrected chi connectivity index (χ1v) is 7.96. The minimum Gasteiger partial charge on any atom is -0.367 e. The first-order chi connectivity index (χ1) is 8.51. The molecule has 0 bridgehead atoms. The fourth-order valence-electron chi connectivity index (χ4n) is 2.50. The number of rotatable bonds is 3. The number of anilines is 1. The third kappa shape index (κ3) is 3.29. The maximum Gasteiger partial charge on any atom is 0.190 e. The van der Waals surface area contributed by atoms with E-state index in [-0.39, 0.29) is 0 Å². The van der Waals surface area contributed by atoms with Crippen LogP contribution >= 0.6 is 23.4 Å². The van der Waals surface area contributed by atoms with Gasteiger partial charge in [0.25, 0.3) is 0 Å². The molecule has 0 radical (unpaired) electrons. The van der Waals surface area contributed by atoms with Gasteiger partial charge in [-0.3, -0.25) is 0 Å². The zero-order valence-electron chi connectivity index (χ0n) is 11.2. The smallest absolute Gasteiger partial charge is 0.190 e. The molecule has 0 aromatic carbocycles.